The Labute approximate surface area is 290 Å². The van der Waals surface area contributed by atoms with Crippen LogP contribution >= 0.6 is 0 Å². The van der Waals surface area contributed by atoms with E-state index in [2.05, 4.69) is 180 Å². The summed E-state index contributed by atoms with van der Waals surface area (Å²) in [6.45, 7) is 20.2. The Balaban J connectivity index is 1.29. The molecular formula is C44H46N4O. The lowest BCUT2D eigenvalue weighted by Gasteiger charge is -2.21. The molecule has 0 radical (unpaired) electrons. The second-order valence-corrected chi connectivity index (χ2v) is 16.2. The minimum Gasteiger partial charge on any atom is -0.458 e. The summed E-state index contributed by atoms with van der Waals surface area (Å²) in [6.07, 6.45) is 7.75. The number of pyridine rings is 1. The van der Waals surface area contributed by atoms with Crippen LogP contribution in [0.3, 0.4) is 0 Å². The van der Waals surface area contributed by atoms with Gasteiger partial charge in [0.25, 0.3) is 6.33 Å². The van der Waals surface area contributed by atoms with Crippen molar-refractivity contribution in [3.63, 3.8) is 0 Å². The maximum atomic E-state index is 6.62. The molecule has 0 fully saturated rings. The third-order valence-corrected chi connectivity index (χ3v) is 9.26. The summed E-state index contributed by atoms with van der Waals surface area (Å²) in [5.41, 5.74) is 7.90. The smallest absolute Gasteiger partial charge is 0.269 e. The zero-order valence-electron chi connectivity index (χ0n) is 30.2. The molecule has 0 spiro atoms. The van der Waals surface area contributed by atoms with E-state index in [0.29, 0.717) is 0 Å². The van der Waals surface area contributed by atoms with E-state index in [4.69, 9.17) is 9.72 Å². The number of rotatable bonds is 5. The summed E-state index contributed by atoms with van der Waals surface area (Å²) in [4.78, 5) is 4.84. The number of para-hydroxylation sites is 1. The van der Waals surface area contributed by atoms with Crippen molar-refractivity contribution >= 4 is 21.8 Å². The van der Waals surface area contributed by atoms with Gasteiger partial charge >= 0.3 is 0 Å². The Morgan fingerprint density at radius 1 is 0.612 bits per heavy atom. The van der Waals surface area contributed by atoms with E-state index in [1.54, 1.807) is 0 Å². The Morgan fingerprint density at radius 2 is 1.31 bits per heavy atom. The van der Waals surface area contributed by atoms with E-state index in [1.165, 1.54) is 16.5 Å². The fraction of sp³-hybridized carbons (Fsp3) is 0.273. The first-order valence-corrected chi connectivity index (χ1v) is 17.1. The van der Waals surface area contributed by atoms with Gasteiger partial charge in [0, 0.05) is 29.2 Å². The van der Waals surface area contributed by atoms with Crippen molar-refractivity contribution in [3.05, 3.63) is 139 Å². The number of nitrogens with zero attached hydrogens (tertiary/aromatic N) is 4. The fourth-order valence-electron chi connectivity index (χ4n) is 6.44. The SMILES string of the molecule is CC(C)(C)c1cccc(-[n+]2[c-]n(-c3cccc(Oc4ccc5c6ccccc6n(-c6cc(C(C)(C)C)ccn6)c5c4)c3)c(C(C)(C)C)c2)c1. The van der Waals surface area contributed by atoms with E-state index < -0.39 is 0 Å². The molecule has 4 aromatic carbocycles. The molecule has 5 nitrogen and oxygen atoms in total. The molecule has 0 N–H and O–H groups in total. The monoisotopic (exact) mass is 646 g/mol. The molecule has 0 saturated carbocycles. The van der Waals surface area contributed by atoms with Gasteiger partial charge in [0.2, 0.25) is 0 Å². The minimum atomic E-state index is -0.114. The van der Waals surface area contributed by atoms with Crippen LogP contribution in [0.25, 0.3) is 39.0 Å². The molecule has 0 saturated heterocycles. The maximum absolute atomic E-state index is 6.62. The van der Waals surface area contributed by atoms with Crippen molar-refractivity contribution in [1.82, 2.24) is 14.1 Å². The summed E-state index contributed by atoms with van der Waals surface area (Å²) >= 11 is 0. The van der Waals surface area contributed by atoms with E-state index in [1.807, 2.05) is 18.3 Å². The van der Waals surface area contributed by atoms with Crippen LogP contribution in [0.1, 0.15) is 79.1 Å². The van der Waals surface area contributed by atoms with Crippen molar-refractivity contribution in [3.8, 4) is 28.7 Å². The number of hydrogen-bond donors (Lipinski definition) is 0. The van der Waals surface area contributed by atoms with Crippen LogP contribution in [0.2, 0.25) is 0 Å². The fourth-order valence-corrected chi connectivity index (χ4v) is 6.44. The first kappa shape index (κ1) is 32.4. The quantitative estimate of drug-likeness (QED) is 0.138. The van der Waals surface area contributed by atoms with Gasteiger partial charge in [0.1, 0.15) is 17.3 Å². The van der Waals surface area contributed by atoms with E-state index >= 15 is 0 Å². The highest BCUT2D eigenvalue weighted by atomic mass is 16.5. The molecule has 0 aliphatic rings. The molecule has 5 heteroatoms. The number of ether oxygens (including phenoxy) is 1. The Morgan fingerprint density at radius 3 is 2.06 bits per heavy atom. The number of imidazole rings is 1. The largest absolute Gasteiger partial charge is 0.458 e. The Kier molecular flexibility index (Phi) is 7.78. The maximum Gasteiger partial charge on any atom is 0.269 e. The van der Waals surface area contributed by atoms with Gasteiger partial charge in [0.05, 0.1) is 28.1 Å². The topological polar surface area (TPSA) is 35.9 Å². The zero-order chi connectivity index (χ0) is 34.7. The third-order valence-electron chi connectivity index (χ3n) is 9.26. The molecule has 7 aromatic rings. The van der Waals surface area contributed by atoms with Crippen molar-refractivity contribution in [2.75, 3.05) is 0 Å². The Hall–Kier alpha value is -5.16. The normalized spacial score (nSPS) is 12.6. The van der Waals surface area contributed by atoms with Gasteiger partial charge in [-0.1, -0.05) is 98.7 Å². The van der Waals surface area contributed by atoms with Gasteiger partial charge in [0.15, 0.2) is 0 Å². The molecule has 0 aliphatic heterocycles. The van der Waals surface area contributed by atoms with Crippen LogP contribution in [0.4, 0.5) is 0 Å². The Bertz CT molecular complexity index is 2320. The molecule has 3 heterocycles. The molecule has 3 aromatic heterocycles. The van der Waals surface area contributed by atoms with E-state index in [9.17, 15) is 0 Å². The molecule has 49 heavy (non-hydrogen) atoms. The van der Waals surface area contributed by atoms with Crippen molar-refractivity contribution < 1.29 is 9.30 Å². The van der Waals surface area contributed by atoms with Gasteiger partial charge < -0.3 is 4.74 Å². The lowest BCUT2D eigenvalue weighted by Crippen LogP contribution is -2.29. The lowest BCUT2D eigenvalue weighted by molar-refractivity contribution is -0.599. The van der Waals surface area contributed by atoms with Crippen molar-refractivity contribution in [2.45, 2.75) is 78.6 Å². The molecule has 0 unspecified atom stereocenters. The van der Waals surface area contributed by atoms with Crippen LogP contribution in [-0.2, 0) is 16.2 Å². The molecule has 248 valence electrons. The van der Waals surface area contributed by atoms with Gasteiger partial charge in [-0.05, 0) is 88.0 Å². The number of aromatic nitrogens is 4. The summed E-state index contributed by atoms with van der Waals surface area (Å²) < 4.78 is 13.1. The van der Waals surface area contributed by atoms with Gasteiger partial charge in [-0.3, -0.25) is 13.7 Å². The highest BCUT2D eigenvalue weighted by Crippen LogP contribution is 2.36. The van der Waals surface area contributed by atoms with Crippen LogP contribution in [-0.4, -0.2) is 14.1 Å². The average Bonchev–Trinajstić information content (AvgIpc) is 3.65. The second-order valence-electron chi connectivity index (χ2n) is 16.2. The predicted molar refractivity (Wildman–Crippen MR) is 201 cm³/mol. The van der Waals surface area contributed by atoms with Crippen LogP contribution in [0.15, 0.2) is 116 Å². The third kappa shape index (κ3) is 6.26. The molecule has 0 amide bonds. The van der Waals surface area contributed by atoms with E-state index in [0.717, 1.165) is 50.8 Å². The van der Waals surface area contributed by atoms with Gasteiger partial charge in [-0.2, -0.15) is 0 Å². The van der Waals surface area contributed by atoms with Crippen LogP contribution in [0, 0.1) is 6.33 Å². The first-order valence-electron chi connectivity index (χ1n) is 17.1. The number of fused-ring (bicyclic) bond motifs is 3. The second kappa shape index (κ2) is 11.8. The van der Waals surface area contributed by atoms with Crippen LogP contribution < -0.4 is 9.30 Å². The highest BCUT2D eigenvalue weighted by Gasteiger charge is 2.23. The van der Waals surface area contributed by atoms with E-state index in [-0.39, 0.29) is 16.2 Å². The zero-order valence-corrected chi connectivity index (χ0v) is 30.2. The summed E-state index contributed by atoms with van der Waals surface area (Å²) in [7, 11) is 0. The number of hydrogen-bond acceptors (Lipinski definition) is 2. The summed E-state index contributed by atoms with van der Waals surface area (Å²) in [5, 5.41) is 2.35. The lowest BCUT2D eigenvalue weighted by atomic mass is 9.87. The minimum absolute atomic E-state index is 0.00940. The molecule has 0 aliphatic carbocycles. The van der Waals surface area contributed by atoms with Gasteiger partial charge in [-0.25, -0.2) is 4.98 Å². The standard InChI is InChI=1S/C44H46N4O/c1-42(2,3)30-14-12-15-32(24-30)46-28-40(44(7,8)9)47(29-46)33-16-13-17-34(26-33)49-35-20-21-37-36-18-10-11-19-38(36)48(39(37)27-35)41-25-31(22-23-45-41)43(4,5)6/h10-28H,1-9H3. The molecule has 0 bridgehead atoms. The van der Waals surface area contributed by atoms with Crippen molar-refractivity contribution in [2.24, 2.45) is 0 Å². The molecule has 0 atom stereocenters. The summed E-state index contributed by atoms with van der Waals surface area (Å²) in [5.74, 6) is 2.43. The van der Waals surface area contributed by atoms with Crippen LogP contribution in [0.5, 0.6) is 11.5 Å². The first-order chi connectivity index (χ1) is 23.2. The van der Waals surface area contributed by atoms with Gasteiger partial charge in [-0.15, -0.1) is 0 Å². The average molecular weight is 647 g/mol. The molecule has 7 rings (SSSR count). The molecular weight excluding hydrogens is 601 g/mol. The summed E-state index contributed by atoms with van der Waals surface area (Å²) in [6, 6.07) is 36.2. The number of benzene rings is 4. The highest BCUT2D eigenvalue weighted by molar-refractivity contribution is 6.09. The van der Waals surface area contributed by atoms with Crippen molar-refractivity contribution in [1.29, 1.82) is 0 Å². The predicted octanol–water partition coefficient (Wildman–Crippen LogP) is 10.7.